The van der Waals surface area contributed by atoms with Crippen LogP contribution in [0.5, 0.6) is 0 Å². The Morgan fingerprint density at radius 3 is 2.92 bits per heavy atom. The van der Waals surface area contributed by atoms with E-state index in [0.717, 1.165) is 12.4 Å². The Balaban J connectivity index is 2.13. The quantitative estimate of drug-likeness (QED) is 0.736. The van der Waals surface area contributed by atoms with E-state index < -0.39 is 0 Å². The molecule has 3 heteroatoms. The van der Waals surface area contributed by atoms with Crippen LogP contribution < -0.4 is 5.32 Å². The number of imidazole rings is 1. The van der Waals surface area contributed by atoms with Crippen LogP contribution in [0.4, 0.5) is 5.95 Å². The van der Waals surface area contributed by atoms with Crippen molar-refractivity contribution in [3.05, 3.63) is 11.9 Å². The Kier molecular flexibility index (Phi) is 1.79. The van der Waals surface area contributed by atoms with Gasteiger partial charge in [-0.3, -0.25) is 0 Å². The summed E-state index contributed by atoms with van der Waals surface area (Å²) in [5.74, 6) is 1.02. The minimum absolute atomic E-state index is 0.691. The minimum atomic E-state index is 0.691. The van der Waals surface area contributed by atoms with Gasteiger partial charge in [-0.05, 0) is 19.3 Å². The summed E-state index contributed by atoms with van der Waals surface area (Å²) in [7, 11) is 2.07. The predicted octanol–water partition coefficient (Wildman–Crippen LogP) is 1.56. The normalized spacial score (nSPS) is 16.5. The van der Waals surface area contributed by atoms with Gasteiger partial charge in [-0.25, -0.2) is 4.98 Å². The number of nitrogens with one attached hydrogen (secondary N) is 1. The molecule has 0 saturated heterocycles. The molecule has 1 saturated carbocycles. The van der Waals surface area contributed by atoms with E-state index in [1.165, 1.54) is 18.5 Å². The average Bonchev–Trinajstić information content (AvgIpc) is 2.80. The lowest BCUT2D eigenvalue weighted by atomic mass is 10.4. The van der Waals surface area contributed by atoms with Crippen LogP contribution in [-0.2, 0) is 13.5 Å². The second-order valence-electron chi connectivity index (χ2n) is 3.40. The van der Waals surface area contributed by atoms with Crippen molar-refractivity contribution < 1.29 is 0 Å². The van der Waals surface area contributed by atoms with Gasteiger partial charge in [0.1, 0.15) is 0 Å². The molecule has 0 bridgehead atoms. The maximum Gasteiger partial charge on any atom is 0.202 e. The molecule has 3 nitrogen and oxygen atoms in total. The second-order valence-corrected chi connectivity index (χ2v) is 3.40. The molecule has 1 aliphatic rings. The fraction of sp³-hybridized carbons (Fsp3) is 0.667. The fourth-order valence-corrected chi connectivity index (χ4v) is 1.32. The monoisotopic (exact) mass is 165 g/mol. The lowest BCUT2D eigenvalue weighted by Crippen LogP contribution is -2.07. The maximum absolute atomic E-state index is 4.32. The van der Waals surface area contributed by atoms with Crippen molar-refractivity contribution in [2.75, 3.05) is 5.32 Å². The van der Waals surface area contributed by atoms with Gasteiger partial charge in [0.2, 0.25) is 5.95 Å². The van der Waals surface area contributed by atoms with E-state index in [2.05, 4.69) is 28.8 Å². The highest BCUT2D eigenvalue weighted by Crippen LogP contribution is 2.24. The maximum atomic E-state index is 4.32. The van der Waals surface area contributed by atoms with Crippen LogP contribution in [0, 0.1) is 0 Å². The van der Waals surface area contributed by atoms with Crippen molar-refractivity contribution in [2.45, 2.75) is 32.2 Å². The lowest BCUT2D eigenvalue weighted by Gasteiger charge is -2.05. The first-order chi connectivity index (χ1) is 5.81. The second kappa shape index (κ2) is 2.81. The lowest BCUT2D eigenvalue weighted by molar-refractivity contribution is 0.830. The molecule has 0 spiro atoms. The molecular formula is C9H15N3. The van der Waals surface area contributed by atoms with Gasteiger partial charge in [-0.1, -0.05) is 6.92 Å². The highest BCUT2D eigenvalue weighted by Gasteiger charge is 2.22. The Hall–Kier alpha value is -0.990. The summed E-state index contributed by atoms with van der Waals surface area (Å²) < 4.78 is 2.14. The zero-order chi connectivity index (χ0) is 8.55. The summed E-state index contributed by atoms with van der Waals surface area (Å²) in [6.07, 6.45) is 5.60. The van der Waals surface area contributed by atoms with Gasteiger partial charge in [0, 0.05) is 18.8 Å². The van der Waals surface area contributed by atoms with Gasteiger partial charge < -0.3 is 9.88 Å². The van der Waals surface area contributed by atoms with Gasteiger partial charge in [0.05, 0.1) is 6.20 Å². The van der Waals surface area contributed by atoms with Crippen LogP contribution in [0.2, 0.25) is 0 Å². The molecule has 1 fully saturated rings. The van der Waals surface area contributed by atoms with Gasteiger partial charge in [0.25, 0.3) is 0 Å². The van der Waals surface area contributed by atoms with E-state index in [-0.39, 0.29) is 0 Å². The van der Waals surface area contributed by atoms with Crippen LogP contribution in [0.25, 0.3) is 0 Å². The molecule has 12 heavy (non-hydrogen) atoms. The van der Waals surface area contributed by atoms with Gasteiger partial charge in [-0.2, -0.15) is 0 Å². The molecule has 0 aliphatic heterocycles. The highest BCUT2D eigenvalue weighted by molar-refractivity contribution is 5.32. The van der Waals surface area contributed by atoms with Crippen LogP contribution in [0.3, 0.4) is 0 Å². The summed E-state index contributed by atoms with van der Waals surface area (Å²) >= 11 is 0. The molecule has 1 heterocycles. The number of aryl methyl sites for hydroxylation is 1. The Labute approximate surface area is 72.8 Å². The first kappa shape index (κ1) is 7.65. The van der Waals surface area contributed by atoms with Crippen LogP contribution >= 0.6 is 0 Å². The van der Waals surface area contributed by atoms with Crippen molar-refractivity contribution in [3.63, 3.8) is 0 Å². The zero-order valence-electron chi connectivity index (χ0n) is 7.67. The average molecular weight is 165 g/mol. The summed E-state index contributed by atoms with van der Waals surface area (Å²) in [5.41, 5.74) is 1.29. The molecule has 1 aromatic heterocycles. The molecule has 0 radical (unpaired) electrons. The number of hydrogen-bond acceptors (Lipinski definition) is 2. The molecular weight excluding hydrogens is 150 g/mol. The third kappa shape index (κ3) is 1.31. The van der Waals surface area contributed by atoms with Crippen molar-refractivity contribution in [2.24, 2.45) is 7.05 Å². The molecule has 0 amide bonds. The van der Waals surface area contributed by atoms with Crippen LogP contribution in [0.15, 0.2) is 6.20 Å². The summed E-state index contributed by atoms with van der Waals surface area (Å²) in [6.45, 7) is 2.15. The molecule has 1 aromatic rings. The van der Waals surface area contributed by atoms with Gasteiger partial charge >= 0.3 is 0 Å². The fourth-order valence-electron chi connectivity index (χ4n) is 1.32. The third-order valence-electron chi connectivity index (χ3n) is 2.36. The van der Waals surface area contributed by atoms with E-state index in [4.69, 9.17) is 0 Å². The molecule has 2 rings (SSSR count). The number of nitrogens with zero attached hydrogens (tertiary/aromatic N) is 2. The topological polar surface area (TPSA) is 29.9 Å². The molecule has 0 atom stereocenters. The first-order valence-corrected chi connectivity index (χ1v) is 4.58. The zero-order valence-corrected chi connectivity index (χ0v) is 7.67. The molecule has 66 valence electrons. The van der Waals surface area contributed by atoms with Gasteiger partial charge in [0.15, 0.2) is 0 Å². The van der Waals surface area contributed by atoms with E-state index in [1.807, 2.05) is 6.20 Å². The van der Waals surface area contributed by atoms with Crippen molar-refractivity contribution in [1.82, 2.24) is 9.55 Å². The van der Waals surface area contributed by atoms with E-state index in [9.17, 15) is 0 Å². The summed E-state index contributed by atoms with van der Waals surface area (Å²) in [6, 6.07) is 0.691. The van der Waals surface area contributed by atoms with Crippen LogP contribution in [0.1, 0.15) is 25.5 Å². The minimum Gasteiger partial charge on any atom is -0.353 e. The van der Waals surface area contributed by atoms with Crippen molar-refractivity contribution in [3.8, 4) is 0 Å². The number of rotatable bonds is 3. The SMILES string of the molecule is CCc1cnc(NC2CC2)n1C. The highest BCUT2D eigenvalue weighted by atomic mass is 15.2. The van der Waals surface area contributed by atoms with E-state index >= 15 is 0 Å². The van der Waals surface area contributed by atoms with Gasteiger partial charge in [-0.15, -0.1) is 0 Å². The Morgan fingerprint density at radius 2 is 2.42 bits per heavy atom. The first-order valence-electron chi connectivity index (χ1n) is 4.58. The molecule has 1 aliphatic carbocycles. The summed E-state index contributed by atoms with van der Waals surface area (Å²) in [5, 5.41) is 3.39. The largest absolute Gasteiger partial charge is 0.353 e. The summed E-state index contributed by atoms with van der Waals surface area (Å²) in [4.78, 5) is 4.32. The Bertz CT molecular complexity index is 273. The predicted molar refractivity (Wildman–Crippen MR) is 49.2 cm³/mol. The van der Waals surface area contributed by atoms with E-state index in [1.54, 1.807) is 0 Å². The van der Waals surface area contributed by atoms with Crippen molar-refractivity contribution in [1.29, 1.82) is 0 Å². The Morgan fingerprint density at radius 1 is 1.67 bits per heavy atom. The number of hydrogen-bond donors (Lipinski definition) is 1. The molecule has 0 aromatic carbocycles. The molecule has 0 unspecified atom stereocenters. The molecule has 1 N–H and O–H groups in total. The number of anilines is 1. The smallest absolute Gasteiger partial charge is 0.202 e. The third-order valence-corrected chi connectivity index (χ3v) is 2.36. The number of aromatic nitrogens is 2. The standard InChI is InChI=1S/C9H15N3/c1-3-8-6-10-9(12(8)2)11-7-4-5-7/h6-7H,3-5H2,1-2H3,(H,10,11). The van der Waals surface area contributed by atoms with Crippen LogP contribution in [-0.4, -0.2) is 15.6 Å². The van der Waals surface area contributed by atoms with Crippen molar-refractivity contribution >= 4 is 5.95 Å². The van der Waals surface area contributed by atoms with E-state index in [0.29, 0.717) is 6.04 Å².